The molecule has 0 radical (unpaired) electrons. The molecule has 0 unspecified atom stereocenters. The van der Waals surface area contributed by atoms with Crippen LogP contribution in [0.2, 0.25) is 0 Å². The van der Waals surface area contributed by atoms with Crippen LogP contribution in [0.1, 0.15) is 0 Å². The van der Waals surface area contributed by atoms with Crippen LogP contribution >= 0.6 is 0 Å². The molecule has 0 aliphatic carbocycles. The van der Waals surface area contributed by atoms with Crippen molar-refractivity contribution in [2.45, 2.75) is 0 Å². The van der Waals surface area contributed by atoms with Gasteiger partial charge in [-0.3, -0.25) is 9.78 Å². The van der Waals surface area contributed by atoms with E-state index in [4.69, 9.17) is 10.8 Å². The van der Waals surface area contributed by atoms with Gasteiger partial charge in [-0.05, 0) is 6.07 Å². The van der Waals surface area contributed by atoms with E-state index in [1.165, 1.54) is 6.20 Å². The lowest BCUT2D eigenvalue weighted by Crippen LogP contribution is -2.13. The Hall–Kier alpha value is -1.78. The Balaban J connectivity index is 2.63. The highest BCUT2D eigenvalue weighted by Crippen LogP contribution is 2.13. The predicted octanol–water partition coefficient (Wildman–Crippen LogP) is 0.160. The van der Waals surface area contributed by atoms with E-state index in [2.05, 4.69) is 10.3 Å². The van der Waals surface area contributed by atoms with Gasteiger partial charge >= 0.3 is 5.97 Å². The van der Waals surface area contributed by atoms with Crippen molar-refractivity contribution in [2.24, 2.45) is 0 Å². The smallest absolute Gasteiger partial charge is 0.322 e. The molecule has 12 heavy (non-hydrogen) atoms. The predicted molar refractivity (Wildman–Crippen MR) is 44.8 cm³/mol. The molecule has 64 valence electrons. The van der Waals surface area contributed by atoms with Gasteiger partial charge in [0.2, 0.25) is 0 Å². The molecule has 0 saturated carbocycles. The minimum absolute atomic E-state index is 0.145. The zero-order valence-electron chi connectivity index (χ0n) is 6.32. The topological polar surface area (TPSA) is 88.2 Å². The van der Waals surface area contributed by atoms with Crippen molar-refractivity contribution >= 4 is 17.3 Å². The second-order valence-electron chi connectivity index (χ2n) is 2.21. The normalized spacial score (nSPS) is 9.33. The molecule has 0 saturated heterocycles. The zero-order chi connectivity index (χ0) is 8.97. The minimum atomic E-state index is -0.925. The van der Waals surface area contributed by atoms with Crippen LogP contribution in [0.25, 0.3) is 0 Å². The maximum absolute atomic E-state index is 10.2. The molecular weight excluding hydrogens is 158 g/mol. The Labute approximate surface area is 69.2 Å². The Morgan fingerprint density at radius 2 is 2.50 bits per heavy atom. The quantitative estimate of drug-likeness (QED) is 0.596. The number of aliphatic carboxylic acids is 1. The Morgan fingerprint density at radius 3 is 3.08 bits per heavy atom. The van der Waals surface area contributed by atoms with E-state index < -0.39 is 5.97 Å². The molecule has 0 aromatic carbocycles. The average Bonchev–Trinajstić information content (AvgIpc) is 2.03. The number of nitrogens with one attached hydrogen (secondary N) is 1. The van der Waals surface area contributed by atoms with Crippen LogP contribution in [0.3, 0.4) is 0 Å². The molecule has 1 rings (SSSR count). The van der Waals surface area contributed by atoms with E-state index in [-0.39, 0.29) is 6.54 Å². The fraction of sp³-hybridized carbons (Fsp3) is 0.143. The summed E-state index contributed by atoms with van der Waals surface area (Å²) in [5.74, 6) is -0.925. The Morgan fingerprint density at radius 1 is 1.75 bits per heavy atom. The first kappa shape index (κ1) is 8.32. The number of aromatic nitrogens is 1. The van der Waals surface area contributed by atoms with Crippen LogP contribution < -0.4 is 11.1 Å². The van der Waals surface area contributed by atoms with Crippen LogP contribution in [0.5, 0.6) is 0 Å². The first-order valence-corrected chi connectivity index (χ1v) is 3.35. The van der Waals surface area contributed by atoms with Gasteiger partial charge in [0.05, 0.1) is 17.6 Å². The molecule has 0 spiro atoms. The minimum Gasteiger partial charge on any atom is -0.480 e. The highest BCUT2D eigenvalue weighted by molar-refractivity contribution is 5.75. The number of carboxylic acid groups (broad SMARTS) is 1. The number of nitrogen functional groups attached to an aromatic ring is 1. The number of hydrogen-bond donors (Lipinski definition) is 3. The summed E-state index contributed by atoms with van der Waals surface area (Å²) in [5, 5.41) is 11.0. The number of nitrogens with two attached hydrogens (primary N) is 1. The van der Waals surface area contributed by atoms with Gasteiger partial charge in [0, 0.05) is 6.20 Å². The first-order valence-electron chi connectivity index (χ1n) is 3.35. The fourth-order valence-corrected chi connectivity index (χ4v) is 0.738. The van der Waals surface area contributed by atoms with Gasteiger partial charge in [-0.2, -0.15) is 0 Å². The fourth-order valence-electron chi connectivity index (χ4n) is 0.738. The lowest BCUT2D eigenvalue weighted by molar-refractivity contribution is -0.134. The highest BCUT2D eigenvalue weighted by Gasteiger charge is 1.99. The SMILES string of the molecule is Nc1cnccc1NCC(=O)O. The molecule has 0 fully saturated rings. The third-order valence-corrected chi connectivity index (χ3v) is 1.28. The maximum atomic E-state index is 10.2. The molecule has 0 aliphatic rings. The lowest BCUT2D eigenvalue weighted by atomic mass is 10.3. The van der Waals surface area contributed by atoms with Crippen molar-refractivity contribution in [2.75, 3.05) is 17.6 Å². The molecule has 5 heteroatoms. The maximum Gasteiger partial charge on any atom is 0.322 e. The summed E-state index contributed by atoms with van der Waals surface area (Å²) >= 11 is 0. The van der Waals surface area contributed by atoms with Crippen molar-refractivity contribution in [3.8, 4) is 0 Å². The van der Waals surface area contributed by atoms with Crippen LogP contribution in [-0.4, -0.2) is 22.6 Å². The Kier molecular flexibility index (Phi) is 2.47. The van der Waals surface area contributed by atoms with Crippen molar-refractivity contribution < 1.29 is 9.90 Å². The monoisotopic (exact) mass is 167 g/mol. The molecule has 0 aliphatic heterocycles. The first-order chi connectivity index (χ1) is 5.70. The standard InChI is InChI=1S/C7H9N3O2/c8-5-3-9-2-1-6(5)10-4-7(11)12/h1-3H,4,8H2,(H,9,10)(H,11,12). The van der Waals surface area contributed by atoms with Crippen molar-refractivity contribution in [3.05, 3.63) is 18.5 Å². The van der Waals surface area contributed by atoms with E-state index in [0.717, 1.165) is 0 Å². The molecule has 0 amide bonds. The van der Waals surface area contributed by atoms with Crippen molar-refractivity contribution in [1.29, 1.82) is 0 Å². The molecule has 1 aromatic heterocycles. The third-order valence-electron chi connectivity index (χ3n) is 1.28. The summed E-state index contributed by atoms with van der Waals surface area (Å²) < 4.78 is 0. The molecule has 4 N–H and O–H groups in total. The molecule has 1 heterocycles. The Bertz CT molecular complexity index is 288. The van der Waals surface area contributed by atoms with Crippen LogP contribution in [0.4, 0.5) is 11.4 Å². The lowest BCUT2D eigenvalue weighted by Gasteiger charge is -2.04. The van der Waals surface area contributed by atoms with Crippen LogP contribution in [0, 0.1) is 0 Å². The number of pyridine rings is 1. The van der Waals surface area contributed by atoms with Gasteiger partial charge in [-0.1, -0.05) is 0 Å². The number of hydrogen-bond acceptors (Lipinski definition) is 4. The molecule has 0 atom stereocenters. The van der Waals surface area contributed by atoms with E-state index in [9.17, 15) is 4.79 Å². The second-order valence-corrected chi connectivity index (χ2v) is 2.21. The van der Waals surface area contributed by atoms with Gasteiger partial charge in [-0.15, -0.1) is 0 Å². The summed E-state index contributed by atoms with van der Waals surface area (Å²) in [4.78, 5) is 13.9. The van der Waals surface area contributed by atoms with E-state index >= 15 is 0 Å². The largest absolute Gasteiger partial charge is 0.480 e. The van der Waals surface area contributed by atoms with Crippen LogP contribution in [0.15, 0.2) is 18.5 Å². The molecule has 0 bridgehead atoms. The zero-order valence-corrected chi connectivity index (χ0v) is 6.32. The van der Waals surface area contributed by atoms with Gasteiger partial charge in [-0.25, -0.2) is 0 Å². The highest BCUT2D eigenvalue weighted by atomic mass is 16.4. The van der Waals surface area contributed by atoms with Crippen molar-refractivity contribution in [1.82, 2.24) is 4.98 Å². The van der Waals surface area contributed by atoms with E-state index in [0.29, 0.717) is 11.4 Å². The molecule has 1 aromatic rings. The number of rotatable bonds is 3. The number of anilines is 2. The van der Waals surface area contributed by atoms with Crippen LogP contribution in [-0.2, 0) is 4.79 Å². The summed E-state index contributed by atoms with van der Waals surface area (Å²) in [6, 6.07) is 1.62. The van der Waals surface area contributed by atoms with Gasteiger partial charge in [0.1, 0.15) is 6.54 Å². The number of nitrogens with zero attached hydrogens (tertiary/aromatic N) is 1. The number of carboxylic acids is 1. The van der Waals surface area contributed by atoms with Gasteiger partial charge in [0.15, 0.2) is 0 Å². The summed E-state index contributed by atoms with van der Waals surface area (Å²) in [6.07, 6.45) is 3.00. The average molecular weight is 167 g/mol. The second kappa shape index (κ2) is 3.56. The van der Waals surface area contributed by atoms with E-state index in [1.54, 1.807) is 12.3 Å². The molecule has 5 nitrogen and oxygen atoms in total. The van der Waals surface area contributed by atoms with Gasteiger partial charge in [0.25, 0.3) is 0 Å². The summed E-state index contributed by atoms with van der Waals surface area (Å²) in [6.45, 7) is -0.145. The van der Waals surface area contributed by atoms with Crippen molar-refractivity contribution in [3.63, 3.8) is 0 Å². The molecular formula is C7H9N3O2. The number of carbonyl (C=O) groups is 1. The summed E-state index contributed by atoms with van der Waals surface area (Å²) in [5.41, 5.74) is 6.52. The summed E-state index contributed by atoms with van der Waals surface area (Å²) in [7, 11) is 0. The van der Waals surface area contributed by atoms with Gasteiger partial charge < -0.3 is 16.2 Å². The van der Waals surface area contributed by atoms with E-state index in [1.807, 2.05) is 0 Å². The third kappa shape index (κ3) is 2.12.